The lowest BCUT2D eigenvalue weighted by Crippen LogP contribution is -2.15. The fraction of sp³-hybridized carbons (Fsp3) is 0.333. The molecule has 0 bridgehead atoms. The first kappa shape index (κ1) is 17.5. The highest BCUT2D eigenvalue weighted by atomic mass is 16.5. The summed E-state index contributed by atoms with van der Waals surface area (Å²) in [6.07, 6.45) is 0. The number of azide groups is 1. The van der Waals surface area contributed by atoms with Gasteiger partial charge in [-0.2, -0.15) is 0 Å². The molecule has 24 heavy (non-hydrogen) atoms. The van der Waals surface area contributed by atoms with Crippen LogP contribution in [0.2, 0.25) is 0 Å². The zero-order valence-corrected chi connectivity index (χ0v) is 14.3. The average molecular weight is 327 g/mol. The monoisotopic (exact) mass is 327 g/mol. The van der Waals surface area contributed by atoms with Crippen LogP contribution in [0.3, 0.4) is 0 Å². The molecule has 0 saturated heterocycles. The Kier molecular flexibility index (Phi) is 5.93. The predicted molar refractivity (Wildman–Crippen MR) is 93.0 cm³/mol. The van der Waals surface area contributed by atoms with Gasteiger partial charge >= 0.3 is 0 Å². The van der Waals surface area contributed by atoms with E-state index in [1.807, 2.05) is 49.4 Å². The van der Waals surface area contributed by atoms with E-state index in [4.69, 9.17) is 19.7 Å². The molecule has 6 heteroatoms. The molecule has 0 radical (unpaired) electrons. The van der Waals surface area contributed by atoms with Crippen LogP contribution in [0.5, 0.6) is 17.2 Å². The van der Waals surface area contributed by atoms with E-state index in [0.29, 0.717) is 11.5 Å². The van der Waals surface area contributed by atoms with Gasteiger partial charge in [-0.05, 0) is 29.3 Å². The Morgan fingerprint density at radius 3 is 2.08 bits per heavy atom. The van der Waals surface area contributed by atoms with Crippen LogP contribution in [0.25, 0.3) is 10.4 Å². The van der Waals surface area contributed by atoms with Crippen LogP contribution in [0.4, 0.5) is 0 Å². The smallest absolute Gasteiger partial charge is 0.126 e. The van der Waals surface area contributed by atoms with Crippen molar-refractivity contribution in [1.29, 1.82) is 0 Å². The molecule has 0 aliphatic carbocycles. The molecule has 6 nitrogen and oxygen atoms in total. The van der Waals surface area contributed by atoms with Crippen LogP contribution in [-0.4, -0.2) is 27.4 Å². The standard InChI is InChI=1S/C18H21N3O3/c1-12(20-21-19)18(13-5-7-14(22-2)8-6-13)16-10-9-15(23-3)11-17(16)24-4/h5-12,18H,1-4H3/t12-,18+/m0/s1. The van der Waals surface area contributed by atoms with Gasteiger partial charge in [0.25, 0.3) is 0 Å². The van der Waals surface area contributed by atoms with Crippen molar-refractivity contribution in [3.63, 3.8) is 0 Å². The molecule has 2 rings (SSSR count). The van der Waals surface area contributed by atoms with E-state index >= 15 is 0 Å². The molecular formula is C18H21N3O3. The van der Waals surface area contributed by atoms with Gasteiger partial charge in [0.15, 0.2) is 0 Å². The molecule has 2 aromatic rings. The zero-order valence-electron chi connectivity index (χ0n) is 14.3. The van der Waals surface area contributed by atoms with Gasteiger partial charge in [-0.25, -0.2) is 0 Å². The Bertz CT molecular complexity index is 725. The van der Waals surface area contributed by atoms with E-state index in [1.54, 1.807) is 21.3 Å². The molecule has 0 N–H and O–H groups in total. The third-order valence-corrected chi connectivity index (χ3v) is 3.97. The minimum Gasteiger partial charge on any atom is -0.497 e. The minimum absolute atomic E-state index is 0.146. The molecule has 2 atom stereocenters. The zero-order chi connectivity index (χ0) is 17.5. The van der Waals surface area contributed by atoms with E-state index in [-0.39, 0.29) is 12.0 Å². The molecule has 0 aromatic heterocycles. The van der Waals surface area contributed by atoms with Gasteiger partial charge in [0, 0.05) is 28.5 Å². The molecule has 126 valence electrons. The summed E-state index contributed by atoms with van der Waals surface area (Å²) in [5.74, 6) is 2.03. The largest absolute Gasteiger partial charge is 0.497 e. The van der Waals surface area contributed by atoms with Crippen molar-refractivity contribution < 1.29 is 14.2 Å². The highest BCUT2D eigenvalue weighted by molar-refractivity contribution is 5.48. The van der Waals surface area contributed by atoms with E-state index in [1.165, 1.54) is 0 Å². The second-order valence-electron chi connectivity index (χ2n) is 5.30. The fourth-order valence-electron chi connectivity index (χ4n) is 2.75. The highest BCUT2D eigenvalue weighted by Crippen LogP contribution is 2.38. The summed E-state index contributed by atoms with van der Waals surface area (Å²) in [7, 11) is 4.85. The average Bonchev–Trinajstić information content (AvgIpc) is 2.63. The summed E-state index contributed by atoms with van der Waals surface area (Å²) in [6, 6.07) is 13.1. The summed E-state index contributed by atoms with van der Waals surface area (Å²) in [4.78, 5) is 2.97. The molecule has 0 unspecified atom stereocenters. The van der Waals surface area contributed by atoms with Crippen molar-refractivity contribution in [2.75, 3.05) is 21.3 Å². The van der Waals surface area contributed by atoms with E-state index < -0.39 is 0 Å². The number of hydrogen-bond donors (Lipinski definition) is 0. The van der Waals surface area contributed by atoms with Crippen molar-refractivity contribution in [3.8, 4) is 17.2 Å². The van der Waals surface area contributed by atoms with Crippen molar-refractivity contribution in [2.24, 2.45) is 5.11 Å². The molecule has 2 aromatic carbocycles. The van der Waals surface area contributed by atoms with Gasteiger partial charge in [0.05, 0.1) is 21.3 Å². The second kappa shape index (κ2) is 8.13. The Hall–Kier alpha value is -2.85. The first-order valence-corrected chi connectivity index (χ1v) is 7.54. The van der Waals surface area contributed by atoms with Crippen LogP contribution in [-0.2, 0) is 0 Å². The summed E-state index contributed by atoms with van der Waals surface area (Å²) in [5.41, 5.74) is 10.8. The normalized spacial score (nSPS) is 12.7. The van der Waals surface area contributed by atoms with Gasteiger partial charge in [0.1, 0.15) is 17.2 Å². The minimum atomic E-state index is -0.286. The molecule has 0 aliphatic heterocycles. The number of rotatable bonds is 7. The van der Waals surface area contributed by atoms with Crippen molar-refractivity contribution in [2.45, 2.75) is 18.9 Å². The Balaban J connectivity index is 2.55. The van der Waals surface area contributed by atoms with Crippen molar-refractivity contribution in [1.82, 2.24) is 0 Å². The van der Waals surface area contributed by atoms with Gasteiger partial charge in [-0.1, -0.05) is 30.2 Å². The highest BCUT2D eigenvalue weighted by Gasteiger charge is 2.24. The Morgan fingerprint density at radius 1 is 0.917 bits per heavy atom. The lowest BCUT2D eigenvalue weighted by molar-refractivity contribution is 0.388. The van der Waals surface area contributed by atoms with Crippen LogP contribution in [0.1, 0.15) is 24.0 Å². The fourth-order valence-corrected chi connectivity index (χ4v) is 2.75. The third-order valence-electron chi connectivity index (χ3n) is 3.97. The van der Waals surface area contributed by atoms with Crippen LogP contribution < -0.4 is 14.2 Å². The molecule has 0 spiro atoms. The van der Waals surface area contributed by atoms with Crippen LogP contribution >= 0.6 is 0 Å². The van der Waals surface area contributed by atoms with Gasteiger partial charge in [-0.3, -0.25) is 0 Å². The predicted octanol–water partition coefficient (Wildman–Crippen LogP) is 4.54. The lowest BCUT2D eigenvalue weighted by atomic mass is 9.85. The van der Waals surface area contributed by atoms with E-state index in [2.05, 4.69) is 10.0 Å². The SMILES string of the molecule is COc1ccc([C@H](c2ccc(OC)cc2OC)[C@H](C)N=[N+]=[N-])cc1. The molecule has 0 saturated carbocycles. The van der Waals surface area contributed by atoms with Gasteiger partial charge < -0.3 is 14.2 Å². The van der Waals surface area contributed by atoms with Crippen LogP contribution in [0.15, 0.2) is 47.6 Å². The maximum absolute atomic E-state index is 8.86. The number of benzene rings is 2. The number of ether oxygens (including phenoxy) is 3. The maximum atomic E-state index is 8.86. The summed E-state index contributed by atoms with van der Waals surface area (Å²) >= 11 is 0. The number of methoxy groups -OCH3 is 3. The summed E-state index contributed by atoms with van der Waals surface area (Å²) < 4.78 is 16.0. The Morgan fingerprint density at radius 2 is 1.54 bits per heavy atom. The quantitative estimate of drug-likeness (QED) is 0.425. The summed E-state index contributed by atoms with van der Waals surface area (Å²) in [5, 5.41) is 3.90. The second-order valence-corrected chi connectivity index (χ2v) is 5.30. The summed E-state index contributed by atoms with van der Waals surface area (Å²) in [6.45, 7) is 1.89. The van der Waals surface area contributed by atoms with Crippen molar-refractivity contribution >= 4 is 0 Å². The van der Waals surface area contributed by atoms with E-state index in [0.717, 1.165) is 16.9 Å². The molecular weight excluding hydrogens is 306 g/mol. The topological polar surface area (TPSA) is 76.5 Å². The van der Waals surface area contributed by atoms with Gasteiger partial charge in [-0.15, -0.1) is 0 Å². The molecule has 0 amide bonds. The maximum Gasteiger partial charge on any atom is 0.126 e. The van der Waals surface area contributed by atoms with Crippen molar-refractivity contribution in [3.05, 3.63) is 64.0 Å². The molecule has 0 fully saturated rings. The van der Waals surface area contributed by atoms with E-state index in [9.17, 15) is 0 Å². The number of nitrogens with zero attached hydrogens (tertiary/aromatic N) is 3. The Labute approximate surface area is 141 Å². The molecule has 0 heterocycles. The molecule has 0 aliphatic rings. The van der Waals surface area contributed by atoms with Gasteiger partial charge in [0.2, 0.25) is 0 Å². The van der Waals surface area contributed by atoms with Crippen LogP contribution in [0, 0.1) is 0 Å². The first-order chi connectivity index (χ1) is 11.6. The number of hydrogen-bond acceptors (Lipinski definition) is 4. The first-order valence-electron chi connectivity index (χ1n) is 7.54. The third kappa shape index (κ3) is 3.73. The lowest BCUT2D eigenvalue weighted by Gasteiger charge is -2.24.